The second-order valence-electron chi connectivity index (χ2n) is 3.27. The standard InChI is InChI=1S/C11H14O2P/c1-3-8-14(13)11(12)10-6-4-9(2)5-7-10/h4-7H,3,8H2,1-2H3. The number of carbonyl (C=O) groups excluding carboxylic acids is 1. The van der Waals surface area contributed by atoms with E-state index in [9.17, 15) is 9.36 Å². The molecule has 0 aliphatic heterocycles. The van der Waals surface area contributed by atoms with Gasteiger partial charge >= 0.3 is 0 Å². The molecule has 1 unspecified atom stereocenters. The van der Waals surface area contributed by atoms with Crippen molar-refractivity contribution in [2.45, 2.75) is 20.3 Å². The Bertz CT molecular complexity index is 341. The molecule has 3 heteroatoms. The van der Waals surface area contributed by atoms with Crippen LogP contribution in [-0.2, 0) is 4.57 Å². The zero-order chi connectivity index (χ0) is 10.6. The van der Waals surface area contributed by atoms with Gasteiger partial charge in [0.05, 0.1) is 0 Å². The van der Waals surface area contributed by atoms with Gasteiger partial charge < -0.3 is 0 Å². The van der Waals surface area contributed by atoms with Crippen LogP contribution in [0.1, 0.15) is 29.3 Å². The minimum absolute atomic E-state index is 0.221. The van der Waals surface area contributed by atoms with Gasteiger partial charge in [-0.1, -0.05) is 36.8 Å². The molecule has 0 amide bonds. The van der Waals surface area contributed by atoms with Gasteiger partial charge in [-0.15, -0.1) is 0 Å². The van der Waals surface area contributed by atoms with Gasteiger partial charge in [-0.25, -0.2) is 0 Å². The van der Waals surface area contributed by atoms with E-state index in [0.29, 0.717) is 11.7 Å². The third kappa shape index (κ3) is 2.74. The average Bonchev–Trinajstić information content (AvgIpc) is 2.18. The van der Waals surface area contributed by atoms with Crippen LogP contribution in [0, 0.1) is 6.92 Å². The summed E-state index contributed by atoms with van der Waals surface area (Å²) in [5.41, 5.74) is 1.44. The molecule has 0 aliphatic rings. The Kier molecular flexibility index (Phi) is 3.97. The molecule has 14 heavy (non-hydrogen) atoms. The van der Waals surface area contributed by atoms with E-state index in [1.165, 1.54) is 0 Å². The Labute approximate surface area is 85.1 Å². The van der Waals surface area contributed by atoms with Crippen molar-refractivity contribution in [3.63, 3.8) is 0 Å². The Morgan fingerprint density at radius 2 is 1.86 bits per heavy atom. The molecule has 0 saturated heterocycles. The van der Waals surface area contributed by atoms with Gasteiger partial charge in [0.25, 0.3) is 0 Å². The molecule has 0 fully saturated rings. The number of benzene rings is 1. The number of carbonyl (C=O) groups is 1. The van der Waals surface area contributed by atoms with Crippen LogP contribution >= 0.6 is 7.80 Å². The topological polar surface area (TPSA) is 34.1 Å². The summed E-state index contributed by atoms with van der Waals surface area (Å²) in [7, 11) is -1.72. The van der Waals surface area contributed by atoms with Crippen LogP contribution in [0.25, 0.3) is 0 Å². The molecule has 75 valence electrons. The fourth-order valence-electron chi connectivity index (χ4n) is 1.14. The third-order valence-electron chi connectivity index (χ3n) is 1.95. The molecule has 0 saturated carbocycles. The van der Waals surface area contributed by atoms with E-state index in [0.717, 1.165) is 12.0 Å². The summed E-state index contributed by atoms with van der Waals surface area (Å²) in [6.07, 6.45) is 1.27. The molecular weight excluding hydrogens is 195 g/mol. The quantitative estimate of drug-likeness (QED) is 0.712. The fraction of sp³-hybridized carbons (Fsp3) is 0.364. The Balaban J connectivity index is 2.79. The van der Waals surface area contributed by atoms with Crippen molar-refractivity contribution < 1.29 is 9.36 Å². The van der Waals surface area contributed by atoms with E-state index < -0.39 is 7.80 Å². The van der Waals surface area contributed by atoms with Crippen LogP contribution in [0.5, 0.6) is 0 Å². The second-order valence-corrected chi connectivity index (χ2v) is 4.88. The van der Waals surface area contributed by atoms with Crippen molar-refractivity contribution in [2.24, 2.45) is 0 Å². The van der Waals surface area contributed by atoms with Crippen molar-refractivity contribution in [2.75, 3.05) is 6.16 Å². The summed E-state index contributed by atoms with van der Waals surface area (Å²) in [5.74, 6) is 0. The predicted octanol–water partition coefficient (Wildman–Crippen LogP) is 3.37. The maximum Gasteiger partial charge on any atom is 0.241 e. The van der Waals surface area contributed by atoms with E-state index in [1.807, 2.05) is 26.0 Å². The molecule has 2 nitrogen and oxygen atoms in total. The molecule has 1 aromatic carbocycles. The third-order valence-corrected chi connectivity index (χ3v) is 3.52. The molecule has 0 heterocycles. The van der Waals surface area contributed by atoms with E-state index in [2.05, 4.69) is 0 Å². The number of hydrogen-bond acceptors (Lipinski definition) is 2. The first-order valence-corrected chi connectivity index (χ1v) is 6.15. The zero-order valence-electron chi connectivity index (χ0n) is 8.49. The first kappa shape index (κ1) is 11.1. The minimum atomic E-state index is -1.72. The lowest BCUT2D eigenvalue weighted by atomic mass is 10.2. The van der Waals surface area contributed by atoms with Crippen molar-refractivity contribution in [3.05, 3.63) is 35.4 Å². The molecule has 0 aromatic heterocycles. The maximum absolute atomic E-state index is 11.6. The summed E-state index contributed by atoms with van der Waals surface area (Å²) in [5, 5.41) is 0. The number of rotatable bonds is 4. The lowest BCUT2D eigenvalue weighted by molar-refractivity contribution is 0.107. The van der Waals surface area contributed by atoms with Gasteiger partial charge in [0.15, 0.2) is 0 Å². The van der Waals surface area contributed by atoms with Gasteiger partial charge in [0.2, 0.25) is 5.52 Å². The highest BCUT2D eigenvalue weighted by atomic mass is 31.1. The van der Waals surface area contributed by atoms with Crippen LogP contribution in [0.15, 0.2) is 24.3 Å². The molecule has 1 radical (unpaired) electrons. The van der Waals surface area contributed by atoms with Gasteiger partial charge in [0, 0.05) is 11.7 Å². The summed E-state index contributed by atoms with van der Waals surface area (Å²) < 4.78 is 11.4. The highest BCUT2D eigenvalue weighted by Gasteiger charge is 2.13. The number of hydrogen-bond donors (Lipinski definition) is 0. The van der Waals surface area contributed by atoms with E-state index >= 15 is 0 Å². The van der Waals surface area contributed by atoms with Crippen molar-refractivity contribution in [3.8, 4) is 0 Å². The van der Waals surface area contributed by atoms with Crippen molar-refractivity contribution in [1.29, 1.82) is 0 Å². The van der Waals surface area contributed by atoms with Crippen LogP contribution in [-0.4, -0.2) is 11.7 Å². The molecule has 0 bridgehead atoms. The van der Waals surface area contributed by atoms with Crippen LogP contribution < -0.4 is 0 Å². The van der Waals surface area contributed by atoms with Crippen LogP contribution in [0.4, 0.5) is 0 Å². The Hall–Kier alpha value is -1.01. The van der Waals surface area contributed by atoms with Crippen LogP contribution in [0.2, 0.25) is 0 Å². The zero-order valence-corrected chi connectivity index (χ0v) is 9.38. The second kappa shape index (κ2) is 5.02. The first-order chi connectivity index (χ1) is 6.65. The molecule has 0 spiro atoms. The van der Waals surface area contributed by atoms with Gasteiger partial charge in [-0.05, 0) is 13.3 Å². The van der Waals surface area contributed by atoms with Crippen LogP contribution in [0.3, 0.4) is 0 Å². The normalized spacial score (nSPS) is 11.1. The van der Waals surface area contributed by atoms with E-state index in [4.69, 9.17) is 0 Å². The lowest BCUT2D eigenvalue weighted by Gasteiger charge is -1.99. The predicted molar refractivity (Wildman–Crippen MR) is 58.3 cm³/mol. The van der Waals surface area contributed by atoms with E-state index in [1.54, 1.807) is 12.1 Å². The summed E-state index contributed by atoms with van der Waals surface area (Å²) >= 11 is 0. The molecule has 1 aromatic rings. The van der Waals surface area contributed by atoms with Gasteiger partial charge in [-0.2, -0.15) is 0 Å². The van der Waals surface area contributed by atoms with Crippen molar-refractivity contribution in [1.82, 2.24) is 0 Å². The molecule has 0 N–H and O–H groups in total. The Morgan fingerprint density at radius 3 is 2.36 bits per heavy atom. The average molecular weight is 209 g/mol. The fourth-order valence-corrected chi connectivity index (χ4v) is 2.19. The summed E-state index contributed by atoms with van der Waals surface area (Å²) in [4.78, 5) is 11.6. The van der Waals surface area contributed by atoms with E-state index in [-0.39, 0.29) is 5.52 Å². The summed E-state index contributed by atoms with van der Waals surface area (Å²) in [6.45, 7) is 3.88. The SMILES string of the molecule is CCC[P](=O)C(=O)c1ccc(C)cc1. The highest BCUT2D eigenvalue weighted by molar-refractivity contribution is 7.64. The first-order valence-electron chi connectivity index (χ1n) is 4.71. The molecular formula is C11H14O2P. The number of aryl methyl sites for hydroxylation is 1. The van der Waals surface area contributed by atoms with Gasteiger partial charge in [-0.3, -0.25) is 9.36 Å². The molecule has 0 aliphatic carbocycles. The summed E-state index contributed by atoms with van der Waals surface area (Å²) in [6, 6.07) is 7.20. The smallest absolute Gasteiger partial charge is 0.241 e. The largest absolute Gasteiger partial charge is 0.281 e. The Morgan fingerprint density at radius 1 is 1.29 bits per heavy atom. The lowest BCUT2D eigenvalue weighted by Crippen LogP contribution is -1.94. The monoisotopic (exact) mass is 209 g/mol. The van der Waals surface area contributed by atoms with Crippen molar-refractivity contribution >= 4 is 13.3 Å². The minimum Gasteiger partial charge on any atom is -0.281 e. The molecule has 1 atom stereocenters. The maximum atomic E-state index is 11.6. The highest BCUT2D eigenvalue weighted by Crippen LogP contribution is 2.27. The molecule has 1 rings (SSSR count). The van der Waals surface area contributed by atoms with Gasteiger partial charge in [0.1, 0.15) is 7.80 Å².